The first kappa shape index (κ1) is 12.4. The van der Waals surface area contributed by atoms with Gasteiger partial charge in [-0.15, -0.1) is 0 Å². The summed E-state index contributed by atoms with van der Waals surface area (Å²) in [6, 6.07) is 3.30. The molecular formula is C12H17NO3. The van der Waals surface area contributed by atoms with Crippen molar-refractivity contribution in [3.63, 3.8) is 0 Å². The molecule has 2 N–H and O–H groups in total. The van der Waals surface area contributed by atoms with Crippen molar-refractivity contribution in [3.05, 3.63) is 17.7 Å². The minimum Gasteiger partial charge on any atom is -0.497 e. The van der Waals surface area contributed by atoms with Crippen molar-refractivity contribution in [2.75, 3.05) is 20.0 Å². The van der Waals surface area contributed by atoms with Crippen LogP contribution in [0.1, 0.15) is 30.1 Å². The zero-order valence-electron chi connectivity index (χ0n) is 9.87. The summed E-state index contributed by atoms with van der Waals surface area (Å²) in [6.07, 6.45) is 1.25. The van der Waals surface area contributed by atoms with E-state index in [1.54, 1.807) is 19.2 Å². The average Bonchev–Trinajstić information content (AvgIpc) is 2.27. The lowest BCUT2D eigenvalue weighted by atomic mass is 10.0. The van der Waals surface area contributed by atoms with Crippen LogP contribution in [0.15, 0.2) is 12.1 Å². The van der Waals surface area contributed by atoms with Crippen LogP contribution in [-0.2, 0) is 0 Å². The van der Waals surface area contributed by atoms with Gasteiger partial charge in [0.1, 0.15) is 11.5 Å². The summed E-state index contributed by atoms with van der Waals surface area (Å²) in [7, 11) is 3.05. The normalized spacial score (nSPS) is 9.94. The third-order valence-corrected chi connectivity index (χ3v) is 2.32. The van der Waals surface area contributed by atoms with Crippen LogP contribution in [-0.4, -0.2) is 20.0 Å². The van der Waals surface area contributed by atoms with Crippen LogP contribution in [0.25, 0.3) is 0 Å². The molecule has 0 saturated heterocycles. The molecule has 4 nitrogen and oxygen atoms in total. The van der Waals surface area contributed by atoms with E-state index in [0.717, 1.165) is 6.42 Å². The van der Waals surface area contributed by atoms with E-state index in [0.29, 0.717) is 29.2 Å². The summed E-state index contributed by atoms with van der Waals surface area (Å²) in [6.45, 7) is 1.95. The number of carbonyl (C=O) groups excluding carboxylic acids is 1. The second-order valence-corrected chi connectivity index (χ2v) is 3.47. The summed E-state index contributed by atoms with van der Waals surface area (Å²) in [4.78, 5) is 11.8. The van der Waals surface area contributed by atoms with Crippen molar-refractivity contribution >= 4 is 11.5 Å². The second-order valence-electron chi connectivity index (χ2n) is 3.47. The van der Waals surface area contributed by atoms with Gasteiger partial charge in [0.2, 0.25) is 0 Å². The highest BCUT2D eigenvalue weighted by molar-refractivity contribution is 6.03. The van der Waals surface area contributed by atoms with Gasteiger partial charge in [-0.2, -0.15) is 0 Å². The Morgan fingerprint density at radius 3 is 2.50 bits per heavy atom. The second kappa shape index (κ2) is 5.39. The molecule has 0 aliphatic heterocycles. The lowest BCUT2D eigenvalue weighted by Gasteiger charge is -2.12. The first-order valence-electron chi connectivity index (χ1n) is 5.18. The highest BCUT2D eigenvalue weighted by Crippen LogP contribution is 2.31. The topological polar surface area (TPSA) is 61.6 Å². The van der Waals surface area contributed by atoms with Gasteiger partial charge >= 0.3 is 0 Å². The summed E-state index contributed by atoms with van der Waals surface area (Å²) in [5.41, 5.74) is 6.67. The van der Waals surface area contributed by atoms with Crippen LogP contribution in [0.5, 0.6) is 11.5 Å². The molecule has 1 aromatic rings. The minimum absolute atomic E-state index is 0.000460. The number of nitrogen functional groups attached to an aromatic ring is 1. The third-order valence-electron chi connectivity index (χ3n) is 2.32. The number of hydrogen-bond acceptors (Lipinski definition) is 4. The van der Waals surface area contributed by atoms with Crippen LogP contribution in [0.4, 0.5) is 5.69 Å². The Kier molecular flexibility index (Phi) is 4.17. The molecule has 0 heterocycles. The van der Waals surface area contributed by atoms with Crippen LogP contribution >= 0.6 is 0 Å². The molecule has 88 valence electrons. The number of benzene rings is 1. The maximum atomic E-state index is 11.8. The molecule has 1 aromatic carbocycles. The number of hydrogen-bond donors (Lipinski definition) is 1. The molecule has 0 aliphatic rings. The van der Waals surface area contributed by atoms with Gasteiger partial charge in [0.15, 0.2) is 5.78 Å². The van der Waals surface area contributed by atoms with Crippen molar-refractivity contribution in [1.82, 2.24) is 0 Å². The average molecular weight is 223 g/mol. The van der Waals surface area contributed by atoms with Gasteiger partial charge < -0.3 is 15.2 Å². The number of ether oxygens (including phenoxy) is 2. The quantitative estimate of drug-likeness (QED) is 0.614. The Labute approximate surface area is 95.3 Å². The largest absolute Gasteiger partial charge is 0.497 e. The van der Waals surface area contributed by atoms with E-state index in [9.17, 15) is 4.79 Å². The summed E-state index contributed by atoms with van der Waals surface area (Å²) in [5.74, 6) is 1.05. The summed E-state index contributed by atoms with van der Waals surface area (Å²) < 4.78 is 10.2. The van der Waals surface area contributed by atoms with Crippen LogP contribution in [0.2, 0.25) is 0 Å². The van der Waals surface area contributed by atoms with Crippen molar-refractivity contribution in [2.24, 2.45) is 0 Å². The molecular weight excluding hydrogens is 206 g/mol. The molecule has 16 heavy (non-hydrogen) atoms. The van der Waals surface area contributed by atoms with E-state index in [-0.39, 0.29) is 5.78 Å². The number of methoxy groups -OCH3 is 2. The van der Waals surface area contributed by atoms with Crippen molar-refractivity contribution in [1.29, 1.82) is 0 Å². The maximum Gasteiger partial charge on any atom is 0.168 e. The molecule has 0 amide bonds. The van der Waals surface area contributed by atoms with E-state index in [2.05, 4.69) is 0 Å². The van der Waals surface area contributed by atoms with E-state index < -0.39 is 0 Å². The summed E-state index contributed by atoms with van der Waals surface area (Å²) in [5, 5.41) is 0. The van der Waals surface area contributed by atoms with Gasteiger partial charge in [-0.3, -0.25) is 4.79 Å². The molecule has 0 saturated carbocycles. The van der Waals surface area contributed by atoms with E-state index in [1.807, 2.05) is 6.92 Å². The summed E-state index contributed by atoms with van der Waals surface area (Å²) >= 11 is 0. The number of nitrogens with two attached hydrogens (primary N) is 1. The number of anilines is 1. The fourth-order valence-electron chi connectivity index (χ4n) is 1.54. The highest BCUT2D eigenvalue weighted by Gasteiger charge is 2.16. The Morgan fingerprint density at radius 2 is 2.00 bits per heavy atom. The number of Topliss-reactive ketones (excluding diaryl/α,β-unsaturated/α-hetero) is 1. The SMILES string of the molecule is CCCC(=O)c1c(N)cc(OC)cc1OC. The number of carbonyl (C=O) groups is 1. The fraction of sp³-hybridized carbons (Fsp3) is 0.417. The zero-order valence-corrected chi connectivity index (χ0v) is 9.87. The smallest absolute Gasteiger partial charge is 0.168 e. The number of ketones is 1. The number of rotatable bonds is 5. The molecule has 0 spiro atoms. The molecule has 0 aromatic heterocycles. The first-order chi connectivity index (χ1) is 7.63. The Hall–Kier alpha value is -1.71. The lowest BCUT2D eigenvalue weighted by Crippen LogP contribution is -2.06. The lowest BCUT2D eigenvalue weighted by molar-refractivity contribution is 0.0979. The Bertz CT molecular complexity index is 388. The molecule has 4 heteroatoms. The predicted octanol–water partition coefficient (Wildman–Crippen LogP) is 2.27. The predicted molar refractivity (Wildman–Crippen MR) is 63.2 cm³/mol. The molecule has 0 bridgehead atoms. The van der Waals surface area contributed by atoms with E-state index in [4.69, 9.17) is 15.2 Å². The van der Waals surface area contributed by atoms with Gasteiger partial charge in [0, 0.05) is 24.2 Å². The van der Waals surface area contributed by atoms with Gasteiger partial charge in [-0.1, -0.05) is 6.92 Å². The van der Waals surface area contributed by atoms with Crippen LogP contribution < -0.4 is 15.2 Å². The molecule has 0 aliphatic carbocycles. The fourth-order valence-corrected chi connectivity index (χ4v) is 1.54. The van der Waals surface area contributed by atoms with Gasteiger partial charge in [-0.25, -0.2) is 0 Å². The van der Waals surface area contributed by atoms with Crippen molar-refractivity contribution < 1.29 is 14.3 Å². The highest BCUT2D eigenvalue weighted by atomic mass is 16.5. The van der Waals surface area contributed by atoms with E-state index in [1.165, 1.54) is 7.11 Å². The molecule has 0 unspecified atom stereocenters. The monoisotopic (exact) mass is 223 g/mol. The molecule has 1 rings (SSSR count). The first-order valence-corrected chi connectivity index (χ1v) is 5.18. The van der Waals surface area contributed by atoms with Crippen LogP contribution in [0.3, 0.4) is 0 Å². The van der Waals surface area contributed by atoms with Gasteiger partial charge in [-0.05, 0) is 6.42 Å². The standard InChI is InChI=1S/C12H17NO3/c1-4-5-10(14)12-9(13)6-8(15-2)7-11(12)16-3/h6-7H,4-5,13H2,1-3H3. The Balaban J connectivity index is 3.21. The molecule has 0 atom stereocenters. The van der Waals surface area contributed by atoms with E-state index >= 15 is 0 Å². The molecule has 0 radical (unpaired) electrons. The van der Waals surface area contributed by atoms with Crippen molar-refractivity contribution in [2.45, 2.75) is 19.8 Å². The zero-order chi connectivity index (χ0) is 12.1. The third kappa shape index (κ3) is 2.45. The maximum absolute atomic E-state index is 11.8. The molecule has 0 fully saturated rings. The minimum atomic E-state index is -0.000460. The van der Waals surface area contributed by atoms with Crippen LogP contribution in [0, 0.1) is 0 Å². The van der Waals surface area contributed by atoms with Crippen molar-refractivity contribution in [3.8, 4) is 11.5 Å². The van der Waals surface area contributed by atoms with Gasteiger partial charge in [0.25, 0.3) is 0 Å². The van der Waals surface area contributed by atoms with Gasteiger partial charge in [0.05, 0.1) is 19.8 Å². The Morgan fingerprint density at radius 1 is 1.31 bits per heavy atom.